The molecule has 0 bridgehead atoms. The number of nitrogen functional groups attached to an aromatic ring is 1. The fraction of sp³-hybridized carbons (Fsp3) is 0.385. The Morgan fingerprint density at radius 3 is 2.32 bits per heavy atom. The number of ketones is 1. The summed E-state index contributed by atoms with van der Waals surface area (Å²) >= 11 is 0. The van der Waals surface area contributed by atoms with Gasteiger partial charge in [0.15, 0.2) is 23.1 Å². The lowest BCUT2D eigenvalue weighted by molar-refractivity contribution is -0.131. The molecule has 2 aromatic carbocycles. The normalized spacial score (nSPS) is 11.5. The van der Waals surface area contributed by atoms with Gasteiger partial charge in [-0.1, -0.05) is 20.8 Å². The van der Waals surface area contributed by atoms with Gasteiger partial charge in [0.1, 0.15) is 11.6 Å². The summed E-state index contributed by atoms with van der Waals surface area (Å²) in [7, 11) is 0. The number of Topliss-reactive ketones (excluding diaryl/α,β-unsaturated/α-hetero) is 1. The van der Waals surface area contributed by atoms with Crippen LogP contribution in [-0.2, 0) is 16.8 Å². The van der Waals surface area contributed by atoms with Gasteiger partial charge in [0.05, 0.1) is 25.1 Å². The lowest BCUT2D eigenvalue weighted by Gasteiger charge is -2.23. The molecule has 1 aromatic heterocycles. The van der Waals surface area contributed by atoms with E-state index in [1.807, 2.05) is 20.8 Å². The highest BCUT2D eigenvalue weighted by Crippen LogP contribution is 2.40. The van der Waals surface area contributed by atoms with Crippen molar-refractivity contribution in [2.45, 2.75) is 53.5 Å². The van der Waals surface area contributed by atoms with Crippen molar-refractivity contribution < 1.29 is 28.2 Å². The summed E-state index contributed by atoms with van der Waals surface area (Å²) in [5.74, 6) is -0.447. The van der Waals surface area contributed by atoms with Crippen LogP contribution in [0.3, 0.4) is 0 Å². The van der Waals surface area contributed by atoms with Crippen molar-refractivity contribution in [1.82, 2.24) is 4.57 Å². The number of ether oxygens (including phenoxy) is 3. The van der Waals surface area contributed by atoms with E-state index >= 15 is 4.39 Å². The number of hydrogen-bond donors (Lipinski definition) is 1. The van der Waals surface area contributed by atoms with Crippen molar-refractivity contribution >= 4 is 28.3 Å². The molecule has 0 saturated carbocycles. The predicted octanol–water partition coefficient (Wildman–Crippen LogP) is 5.27. The summed E-state index contributed by atoms with van der Waals surface area (Å²) in [6.45, 7) is 11.3. The molecule has 0 aliphatic rings. The van der Waals surface area contributed by atoms with Crippen LogP contribution in [-0.4, -0.2) is 29.5 Å². The first-order valence-corrected chi connectivity index (χ1v) is 11.2. The second-order valence-corrected chi connectivity index (χ2v) is 8.97. The van der Waals surface area contributed by atoms with E-state index in [0.29, 0.717) is 23.3 Å². The molecule has 0 amide bonds. The van der Waals surface area contributed by atoms with Crippen LogP contribution in [0.5, 0.6) is 17.2 Å². The van der Waals surface area contributed by atoms with Gasteiger partial charge in [0.25, 0.3) is 0 Å². The second-order valence-electron chi connectivity index (χ2n) is 8.97. The van der Waals surface area contributed by atoms with Crippen LogP contribution in [0, 0.1) is 5.82 Å². The molecule has 7 nitrogen and oxygen atoms in total. The van der Waals surface area contributed by atoms with Crippen LogP contribution >= 0.6 is 0 Å². The summed E-state index contributed by atoms with van der Waals surface area (Å²) in [6, 6.07) is 6.61. The van der Waals surface area contributed by atoms with E-state index in [9.17, 15) is 9.59 Å². The Morgan fingerprint density at radius 2 is 1.74 bits per heavy atom. The van der Waals surface area contributed by atoms with Gasteiger partial charge in [-0.05, 0) is 43.5 Å². The molecule has 182 valence electrons. The van der Waals surface area contributed by atoms with E-state index in [1.54, 1.807) is 44.3 Å². The van der Waals surface area contributed by atoms with Gasteiger partial charge in [-0.25, -0.2) is 4.39 Å². The average Bonchev–Trinajstić information content (AvgIpc) is 3.05. The van der Waals surface area contributed by atoms with Crippen LogP contribution in [0.25, 0.3) is 10.8 Å². The zero-order chi connectivity index (χ0) is 25.2. The Balaban J connectivity index is 2.01. The van der Waals surface area contributed by atoms with E-state index in [-0.39, 0.29) is 47.1 Å². The maximum Gasteiger partial charge on any atom is 0.308 e. The fourth-order valence-electron chi connectivity index (χ4n) is 3.82. The maximum atomic E-state index is 15.3. The minimum Gasteiger partial charge on any atom is -0.490 e. The third-order valence-corrected chi connectivity index (χ3v) is 5.34. The van der Waals surface area contributed by atoms with Crippen molar-refractivity contribution in [1.29, 1.82) is 0 Å². The molecule has 0 aliphatic heterocycles. The highest BCUT2D eigenvalue weighted by Gasteiger charge is 2.24. The van der Waals surface area contributed by atoms with Crippen molar-refractivity contribution in [3.05, 3.63) is 47.4 Å². The number of halogens is 1. The van der Waals surface area contributed by atoms with Gasteiger partial charge in [-0.15, -0.1) is 0 Å². The first-order chi connectivity index (χ1) is 16.0. The third-order valence-electron chi connectivity index (χ3n) is 5.34. The zero-order valence-electron chi connectivity index (χ0n) is 20.5. The van der Waals surface area contributed by atoms with Crippen LogP contribution in [0.4, 0.5) is 10.2 Å². The Bertz CT molecular complexity index is 1240. The van der Waals surface area contributed by atoms with Gasteiger partial charge >= 0.3 is 5.97 Å². The topological polar surface area (TPSA) is 92.8 Å². The lowest BCUT2D eigenvalue weighted by Crippen LogP contribution is -2.17. The monoisotopic (exact) mass is 470 g/mol. The molecule has 0 spiro atoms. The third kappa shape index (κ3) is 5.00. The number of benzene rings is 2. The summed E-state index contributed by atoms with van der Waals surface area (Å²) in [4.78, 5) is 24.6. The number of rotatable bonds is 8. The average molecular weight is 471 g/mol. The van der Waals surface area contributed by atoms with E-state index in [2.05, 4.69) is 0 Å². The molecule has 8 heteroatoms. The first-order valence-electron chi connectivity index (χ1n) is 11.2. The molecule has 3 aromatic rings. The van der Waals surface area contributed by atoms with Gasteiger partial charge in [0, 0.05) is 29.6 Å². The highest BCUT2D eigenvalue weighted by molar-refractivity contribution is 5.99. The van der Waals surface area contributed by atoms with Gasteiger partial charge < -0.3 is 24.5 Å². The second kappa shape index (κ2) is 9.75. The molecule has 2 N–H and O–H groups in total. The molecule has 0 radical (unpaired) electrons. The number of nitrogens with zero attached hydrogens (tertiary/aromatic N) is 1. The molecule has 0 saturated heterocycles. The summed E-state index contributed by atoms with van der Waals surface area (Å²) in [6.07, 6.45) is 1.63. The van der Waals surface area contributed by atoms with Gasteiger partial charge in [-0.3, -0.25) is 9.59 Å². The molecule has 0 unspecified atom stereocenters. The Kier molecular flexibility index (Phi) is 7.19. The molecule has 34 heavy (non-hydrogen) atoms. The summed E-state index contributed by atoms with van der Waals surface area (Å²) in [5, 5.41) is 0.690. The number of esters is 1. The number of carbonyl (C=O) groups is 2. The Morgan fingerprint density at radius 1 is 1.06 bits per heavy atom. The fourth-order valence-corrected chi connectivity index (χ4v) is 3.82. The predicted molar refractivity (Wildman–Crippen MR) is 129 cm³/mol. The van der Waals surface area contributed by atoms with Gasteiger partial charge in [0.2, 0.25) is 0 Å². The molecule has 1 heterocycles. The smallest absolute Gasteiger partial charge is 0.308 e. The van der Waals surface area contributed by atoms with Crippen molar-refractivity contribution in [3.8, 4) is 17.2 Å². The summed E-state index contributed by atoms with van der Waals surface area (Å²) in [5.41, 5.74) is 7.05. The van der Waals surface area contributed by atoms with Crippen molar-refractivity contribution in [3.63, 3.8) is 0 Å². The van der Waals surface area contributed by atoms with E-state index in [4.69, 9.17) is 19.9 Å². The number of nitrogens with two attached hydrogens (primary N) is 1. The minimum atomic E-state index is -0.618. The first kappa shape index (κ1) is 25.1. The minimum absolute atomic E-state index is 0.00325. The Hall–Kier alpha value is -3.55. The molecule has 3 rings (SSSR count). The van der Waals surface area contributed by atoms with Crippen LogP contribution in [0.1, 0.15) is 57.5 Å². The van der Waals surface area contributed by atoms with Crippen molar-refractivity contribution in [2.75, 3.05) is 18.9 Å². The van der Waals surface area contributed by atoms with E-state index in [1.165, 1.54) is 11.5 Å². The molecular weight excluding hydrogens is 439 g/mol. The lowest BCUT2D eigenvalue weighted by atomic mass is 9.85. The number of anilines is 1. The van der Waals surface area contributed by atoms with Crippen LogP contribution in [0.15, 0.2) is 30.5 Å². The highest BCUT2D eigenvalue weighted by atomic mass is 19.1. The molecule has 0 atom stereocenters. The SMILES string of the molecule is CCOc1cc2cn(CC(=O)c3ccc(OC(C)=O)c(C(C)(C)C)c3)c(N)c2c(F)c1OCC. The van der Waals surface area contributed by atoms with Crippen LogP contribution < -0.4 is 19.9 Å². The van der Waals surface area contributed by atoms with E-state index in [0.717, 1.165) is 5.56 Å². The molecule has 0 fully saturated rings. The number of aromatic nitrogens is 1. The summed E-state index contributed by atoms with van der Waals surface area (Å²) < 4.78 is 33.1. The largest absolute Gasteiger partial charge is 0.490 e. The van der Waals surface area contributed by atoms with Crippen molar-refractivity contribution in [2.24, 2.45) is 0 Å². The quantitative estimate of drug-likeness (QED) is 0.274. The van der Waals surface area contributed by atoms with E-state index < -0.39 is 11.8 Å². The number of carbonyl (C=O) groups excluding carboxylic acids is 2. The Labute approximate surface area is 198 Å². The zero-order valence-corrected chi connectivity index (χ0v) is 20.5. The van der Waals surface area contributed by atoms with Crippen LogP contribution in [0.2, 0.25) is 0 Å². The molecule has 0 aliphatic carbocycles. The maximum absolute atomic E-state index is 15.3. The van der Waals surface area contributed by atoms with Gasteiger partial charge in [-0.2, -0.15) is 0 Å². The standard InChI is InChI=1S/C26H31FN2O5/c1-7-32-21-12-17-13-29(25(28)22(17)23(27)24(21)33-8-2)14-19(31)16-9-10-20(34-15(3)30)18(11-16)26(4,5)6/h9-13H,7-8,14,28H2,1-6H3. The number of fused-ring (bicyclic) bond motifs is 1. The molecular formula is C26H31FN2O5. The number of hydrogen-bond acceptors (Lipinski definition) is 6.